The molecule has 0 aromatic carbocycles. The van der Waals surface area contributed by atoms with Crippen LogP contribution in [-0.4, -0.2) is 33.8 Å². The second-order valence-corrected chi connectivity index (χ2v) is 3.90. The first kappa shape index (κ1) is 12.4. The molecule has 5 heteroatoms. The molecule has 1 atom stereocenters. The maximum Gasteiger partial charge on any atom is 0.339 e. The molecule has 0 saturated heterocycles. The minimum atomic E-state index is -1.03. The predicted molar refractivity (Wildman–Crippen MR) is 60.5 cm³/mol. The van der Waals surface area contributed by atoms with E-state index in [1.807, 2.05) is 13.8 Å². The second kappa shape index (κ2) is 5.46. The van der Waals surface area contributed by atoms with Crippen LogP contribution >= 0.6 is 0 Å². The number of aliphatic hydroxyl groups is 1. The molecule has 0 saturated carbocycles. The minimum Gasteiger partial charge on any atom is -0.478 e. The van der Waals surface area contributed by atoms with Crippen LogP contribution in [0.25, 0.3) is 0 Å². The Morgan fingerprint density at radius 3 is 2.81 bits per heavy atom. The lowest BCUT2D eigenvalue weighted by atomic mass is 10.1. The third-order valence-electron chi connectivity index (χ3n) is 2.29. The molecular formula is C11H16N2O3. The van der Waals surface area contributed by atoms with Gasteiger partial charge in [-0.15, -0.1) is 0 Å². The van der Waals surface area contributed by atoms with Crippen molar-refractivity contribution in [3.8, 4) is 0 Å². The van der Waals surface area contributed by atoms with E-state index in [0.29, 0.717) is 0 Å². The van der Waals surface area contributed by atoms with Crippen molar-refractivity contribution in [2.75, 3.05) is 11.9 Å². The molecule has 1 aromatic rings. The highest BCUT2D eigenvalue weighted by Gasteiger charge is 2.13. The summed E-state index contributed by atoms with van der Waals surface area (Å²) >= 11 is 0. The van der Waals surface area contributed by atoms with Crippen LogP contribution in [0.15, 0.2) is 18.3 Å². The number of aliphatic hydroxyl groups excluding tert-OH is 1. The predicted octanol–water partition coefficient (Wildman–Crippen LogP) is 1.21. The SMILES string of the molecule is CC(C)C(O)CNc1ncccc1C(=O)O. The summed E-state index contributed by atoms with van der Waals surface area (Å²) in [5, 5.41) is 21.3. The Hall–Kier alpha value is -1.62. The summed E-state index contributed by atoms with van der Waals surface area (Å²) in [6.07, 6.45) is 0.986. The van der Waals surface area contributed by atoms with E-state index < -0.39 is 12.1 Å². The number of pyridine rings is 1. The Kier molecular flexibility index (Phi) is 4.25. The summed E-state index contributed by atoms with van der Waals surface area (Å²) in [7, 11) is 0. The molecule has 0 spiro atoms. The van der Waals surface area contributed by atoms with Gasteiger partial charge in [-0.25, -0.2) is 9.78 Å². The van der Waals surface area contributed by atoms with Gasteiger partial charge in [-0.3, -0.25) is 0 Å². The Labute approximate surface area is 94.1 Å². The van der Waals surface area contributed by atoms with Crippen LogP contribution in [0.1, 0.15) is 24.2 Å². The van der Waals surface area contributed by atoms with E-state index in [-0.39, 0.29) is 23.8 Å². The van der Waals surface area contributed by atoms with E-state index in [1.54, 1.807) is 6.07 Å². The molecule has 1 aromatic heterocycles. The van der Waals surface area contributed by atoms with Gasteiger partial charge < -0.3 is 15.5 Å². The van der Waals surface area contributed by atoms with E-state index in [0.717, 1.165) is 0 Å². The second-order valence-electron chi connectivity index (χ2n) is 3.90. The fourth-order valence-electron chi connectivity index (χ4n) is 1.16. The molecule has 1 heterocycles. The fraction of sp³-hybridized carbons (Fsp3) is 0.455. The molecule has 88 valence electrons. The lowest BCUT2D eigenvalue weighted by molar-refractivity contribution is 0.0697. The van der Waals surface area contributed by atoms with Gasteiger partial charge in [0, 0.05) is 12.7 Å². The van der Waals surface area contributed by atoms with Gasteiger partial charge in [-0.05, 0) is 18.1 Å². The normalized spacial score (nSPS) is 12.5. The van der Waals surface area contributed by atoms with E-state index >= 15 is 0 Å². The smallest absolute Gasteiger partial charge is 0.339 e. The maximum absolute atomic E-state index is 10.9. The summed E-state index contributed by atoms with van der Waals surface area (Å²) < 4.78 is 0. The van der Waals surface area contributed by atoms with E-state index in [2.05, 4.69) is 10.3 Å². The van der Waals surface area contributed by atoms with Crippen molar-refractivity contribution in [3.05, 3.63) is 23.9 Å². The van der Waals surface area contributed by atoms with Crippen LogP contribution in [0, 0.1) is 5.92 Å². The number of nitrogens with zero attached hydrogens (tertiary/aromatic N) is 1. The number of hydrogen-bond acceptors (Lipinski definition) is 4. The van der Waals surface area contributed by atoms with Gasteiger partial charge in [0.05, 0.1) is 6.10 Å². The topological polar surface area (TPSA) is 82.5 Å². The zero-order valence-electron chi connectivity index (χ0n) is 9.34. The summed E-state index contributed by atoms with van der Waals surface area (Å²) in [5.74, 6) is -0.631. The largest absolute Gasteiger partial charge is 0.478 e. The van der Waals surface area contributed by atoms with E-state index in [4.69, 9.17) is 5.11 Å². The first-order valence-electron chi connectivity index (χ1n) is 5.12. The standard InChI is InChI=1S/C11H16N2O3/c1-7(2)9(14)6-13-10-8(11(15)16)4-3-5-12-10/h3-5,7,9,14H,6H2,1-2H3,(H,12,13)(H,15,16). The van der Waals surface area contributed by atoms with Crippen LogP contribution in [0.3, 0.4) is 0 Å². The molecule has 0 aliphatic carbocycles. The number of carboxylic acids is 1. The monoisotopic (exact) mass is 224 g/mol. The van der Waals surface area contributed by atoms with Crippen LogP contribution in [0.2, 0.25) is 0 Å². The van der Waals surface area contributed by atoms with Crippen molar-refractivity contribution in [1.29, 1.82) is 0 Å². The average molecular weight is 224 g/mol. The Bertz CT molecular complexity index is 366. The van der Waals surface area contributed by atoms with Crippen LogP contribution in [-0.2, 0) is 0 Å². The van der Waals surface area contributed by atoms with Crippen molar-refractivity contribution >= 4 is 11.8 Å². The number of aromatic carboxylic acids is 1. The van der Waals surface area contributed by atoms with Gasteiger partial charge in [0.2, 0.25) is 0 Å². The van der Waals surface area contributed by atoms with Gasteiger partial charge >= 0.3 is 5.97 Å². The van der Waals surface area contributed by atoms with Crippen molar-refractivity contribution in [3.63, 3.8) is 0 Å². The molecule has 1 unspecified atom stereocenters. The minimum absolute atomic E-state index is 0.110. The summed E-state index contributed by atoms with van der Waals surface area (Å²) in [6.45, 7) is 4.07. The van der Waals surface area contributed by atoms with Gasteiger partial charge in [0.25, 0.3) is 0 Å². The average Bonchev–Trinajstić information content (AvgIpc) is 2.25. The molecule has 0 amide bonds. The summed E-state index contributed by atoms with van der Waals surface area (Å²) in [5.41, 5.74) is 0.110. The summed E-state index contributed by atoms with van der Waals surface area (Å²) in [4.78, 5) is 14.8. The van der Waals surface area contributed by atoms with Gasteiger partial charge in [0.15, 0.2) is 0 Å². The third kappa shape index (κ3) is 3.20. The zero-order valence-corrected chi connectivity index (χ0v) is 9.34. The molecule has 5 nitrogen and oxygen atoms in total. The molecule has 0 fully saturated rings. The first-order chi connectivity index (χ1) is 7.52. The van der Waals surface area contributed by atoms with Crippen LogP contribution in [0.4, 0.5) is 5.82 Å². The zero-order chi connectivity index (χ0) is 12.1. The van der Waals surface area contributed by atoms with Gasteiger partial charge in [-0.2, -0.15) is 0 Å². The molecule has 16 heavy (non-hydrogen) atoms. The number of nitrogens with one attached hydrogen (secondary N) is 1. The number of carbonyl (C=O) groups is 1. The van der Waals surface area contributed by atoms with Crippen molar-refractivity contribution in [1.82, 2.24) is 4.98 Å². The lowest BCUT2D eigenvalue weighted by Gasteiger charge is -2.16. The Morgan fingerprint density at radius 2 is 2.25 bits per heavy atom. The number of carboxylic acid groups (broad SMARTS) is 1. The highest BCUT2D eigenvalue weighted by molar-refractivity contribution is 5.92. The number of aromatic nitrogens is 1. The van der Waals surface area contributed by atoms with Crippen molar-refractivity contribution in [2.45, 2.75) is 20.0 Å². The maximum atomic E-state index is 10.9. The number of hydrogen-bond donors (Lipinski definition) is 3. The van der Waals surface area contributed by atoms with Crippen molar-refractivity contribution in [2.24, 2.45) is 5.92 Å². The molecule has 0 bridgehead atoms. The van der Waals surface area contributed by atoms with Gasteiger partial charge in [-0.1, -0.05) is 13.8 Å². The number of anilines is 1. The Morgan fingerprint density at radius 1 is 1.56 bits per heavy atom. The molecule has 1 rings (SSSR count). The van der Waals surface area contributed by atoms with E-state index in [9.17, 15) is 9.90 Å². The van der Waals surface area contributed by atoms with Crippen LogP contribution in [0.5, 0.6) is 0 Å². The van der Waals surface area contributed by atoms with Crippen LogP contribution < -0.4 is 5.32 Å². The molecule has 0 radical (unpaired) electrons. The van der Waals surface area contributed by atoms with Crippen molar-refractivity contribution < 1.29 is 15.0 Å². The molecule has 0 aliphatic rings. The highest BCUT2D eigenvalue weighted by atomic mass is 16.4. The first-order valence-corrected chi connectivity index (χ1v) is 5.12. The molecular weight excluding hydrogens is 208 g/mol. The number of rotatable bonds is 5. The summed E-state index contributed by atoms with van der Waals surface area (Å²) in [6, 6.07) is 3.03. The fourth-order valence-corrected chi connectivity index (χ4v) is 1.16. The molecule has 0 aliphatic heterocycles. The van der Waals surface area contributed by atoms with E-state index in [1.165, 1.54) is 12.3 Å². The quantitative estimate of drug-likeness (QED) is 0.700. The lowest BCUT2D eigenvalue weighted by Crippen LogP contribution is -2.25. The third-order valence-corrected chi connectivity index (χ3v) is 2.29. The Balaban J connectivity index is 2.70. The van der Waals surface area contributed by atoms with Gasteiger partial charge in [0.1, 0.15) is 11.4 Å². The molecule has 3 N–H and O–H groups in total. The highest BCUT2D eigenvalue weighted by Crippen LogP contribution is 2.12.